The van der Waals surface area contributed by atoms with Crippen molar-refractivity contribution in [2.75, 3.05) is 11.4 Å². The number of nitrogens with zero attached hydrogens (tertiary/aromatic N) is 2. The number of hydroxylamine groups is 1. The van der Waals surface area contributed by atoms with E-state index in [9.17, 15) is 18.4 Å². The number of carbonyl (C=O) groups excluding carboxylic acids is 1. The second kappa shape index (κ2) is 10.3. The van der Waals surface area contributed by atoms with E-state index in [1.807, 2.05) is 22.9 Å². The molecular weight excluding hydrogens is 486 g/mol. The molecule has 0 saturated heterocycles. The lowest BCUT2D eigenvalue weighted by Crippen LogP contribution is -2.34. The number of methoxy groups -OCH3 is 1. The van der Waals surface area contributed by atoms with Gasteiger partial charge >= 0.3 is 0 Å². The van der Waals surface area contributed by atoms with Crippen LogP contribution in [0.2, 0.25) is 0 Å². The van der Waals surface area contributed by atoms with E-state index in [1.165, 1.54) is 34.9 Å². The Morgan fingerprint density at radius 3 is 2.51 bits per heavy atom. The Hall–Kier alpha value is -3.73. The van der Waals surface area contributed by atoms with Crippen molar-refractivity contribution in [3.05, 3.63) is 94.4 Å². The van der Waals surface area contributed by atoms with Gasteiger partial charge in [0.25, 0.3) is 15.9 Å². The largest absolute Gasteiger partial charge is 0.497 e. The lowest BCUT2D eigenvalue weighted by molar-refractivity contribution is 0.0707. The maximum Gasteiger partial charge on any atom is 0.276 e. The average Bonchev–Trinajstić information content (AvgIpc) is 3.42. The van der Waals surface area contributed by atoms with Crippen molar-refractivity contribution in [2.24, 2.45) is 0 Å². The van der Waals surface area contributed by atoms with E-state index in [1.54, 1.807) is 55.1 Å². The van der Waals surface area contributed by atoms with Crippen LogP contribution < -0.4 is 14.5 Å². The minimum atomic E-state index is -4.14. The summed E-state index contributed by atoms with van der Waals surface area (Å²) in [5.74, 6) is -0.305. The van der Waals surface area contributed by atoms with Crippen molar-refractivity contribution in [1.29, 1.82) is 0 Å². The van der Waals surface area contributed by atoms with Gasteiger partial charge in [-0.3, -0.25) is 19.3 Å². The number of anilines is 1. The monoisotopic (exact) mass is 509 g/mol. The fourth-order valence-corrected chi connectivity index (χ4v) is 5.96. The second-order valence-electron chi connectivity index (χ2n) is 7.69. The van der Waals surface area contributed by atoms with E-state index in [0.717, 1.165) is 11.1 Å². The van der Waals surface area contributed by atoms with E-state index in [4.69, 9.17) is 4.74 Å². The predicted molar refractivity (Wildman–Crippen MR) is 134 cm³/mol. The molecule has 4 aromatic rings. The smallest absolute Gasteiger partial charge is 0.276 e. The zero-order valence-corrected chi connectivity index (χ0v) is 20.6. The molecule has 10 heteroatoms. The van der Waals surface area contributed by atoms with Gasteiger partial charge < -0.3 is 4.74 Å². The summed E-state index contributed by atoms with van der Waals surface area (Å²) < 4.78 is 34.2. The number of ether oxygens (including phenoxy) is 1. The molecule has 0 aliphatic heterocycles. The fraction of sp³-hybridized carbons (Fsp3) is 0.120. The third kappa shape index (κ3) is 5.04. The van der Waals surface area contributed by atoms with Crippen LogP contribution in [0.25, 0.3) is 11.1 Å². The van der Waals surface area contributed by atoms with Crippen molar-refractivity contribution in [3.63, 3.8) is 0 Å². The maximum absolute atomic E-state index is 13.9. The maximum atomic E-state index is 13.9. The van der Waals surface area contributed by atoms with Crippen molar-refractivity contribution in [2.45, 2.75) is 18.4 Å². The number of hydrogen-bond acceptors (Lipinski definition) is 7. The van der Waals surface area contributed by atoms with Gasteiger partial charge in [-0.05, 0) is 88.5 Å². The van der Waals surface area contributed by atoms with Gasteiger partial charge in [0.15, 0.2) is 0 Å². The Morgan fingerprint density at radius 1 is 1.14 bits per heavy atom. The van der Waals surface area contributed by atoms with E-state index < -0.39 is 15.9 Å². The van der Waals surface area contributed by atoms with Crippen LogP contribution >= 0.6 is 11.3 Å². The summed E-state index contributed by atoms with van der Waals surface area (Å²) in [5, 5.41) is 13.3. The second-order valence-corrected chi connectivity index (χ2v) is 10.3. The van der Waals surface area contributed by atoms with Gasteiger partial charge in [0.05, 0.1) is 29.8 Å². The average molecular weight is 510 g/mol. The van der Waals surface area contributed by atoms with E-state index in [-0.39, 0.29) is 22.7 Å². The Balaban J connectivity index is 1.94. The quantitative estimate of drug-likeness (QED) is 0.265. The third-order valence-corrected chi connectivity index (χ3v) is 7.89. The number of nitrogens with one attached hydrogen (secondary N) is 1. The Kier molecular flexibility index (Phi) is 7.15. The number of carbonyl (C=O) groups is 1. The molecule has 0 atom stereocenters. The van der Waals surface area contributed by atoms with Gasteiger partial charge in [0.2, 0.25) is 0 Å². The summed E-state index contributed by atoms with van der Waals surface area (Å²) in [7, 11) is -2.64. The lowest BCUT2D eigenvalue weighted by Gasteiger charge is -2.28. The minimum Gasteiger partial charge on any atom is -0.497 e. The van der Waals surface area contributed by atoms with Gasteiger partial charge in [0, 0.05) is 12.4 Å². The van der Waals surface area contributed by atoms with Crippen molar-refractivity contribution >= 4 is 33.0 Å². The number of benzene rings is 2. The van der Waals surface area contributed by atoms with Crippen LogP contribution in [0.1, 0.15) is 21.5 Å². The van der Waals surface area contributed by atoms with Gasteiger partial charge in [-0.25, -0.2) is 13.9 Å². The van der Waals surface area contributed by atoms with Crippen molar-refractivity contribution in [3.8, 4) is 16.9 Å². The molecule has 0 radical (unpaired) electrons. The number of aromatic nitrogens is 1. The molecule has 0 saturated carbocycles. The summed E-state index contributed by atoms with van der Waals surface area (Å²) in [5.41, 5.74) is 4.63. The van der Waals surface area contributed by atoms with E-state index >= 15 is 0 Å². The summed E-state index contributed by atoms with van der Waals surface area (Å²) in [4.78, 5) is 16.9. The van der Waals surface area contributed by atoms with E-state index in [0.29, 0.717) is 16.9 Å². The molecule has 2 aromatic carbocycles. The highest BCUT2D eigenvalue weighted by Gasteiger charge is 2.31. The Morgan fingerprint density at radius 2 is 1.91 bits per heavy atom. The topological polar surface area (TPSA) is 109 Å². The van der Waals surface area contributed by atoms with Gasteiger partial charge in [-0.2, -0.15) is 11.3 Å². The lowest BCUT2D eigenvalue weighted by atomic mass is 9.99. The summed E-state index contributed by atoms with van der Waals surface area (Å²) >= 11 is 1.50. The van der Waals surface area contributed by atoms with Crippen LogP contribution in [0.5, 0.6) is 5.75 Å². The number of aryl methyl sites for hydroxylation is 1. The molecule has 8 nitrogen and oxygen atoms in total. The molecule has 2 aromatic heterocycles. The molecule has 4 rings (SSSR count). The molecule has 2 N–H and O–H groups in total. The first-order valence-electron chi connectivity index (χ1n) is 10.5. The molecular formula is C25H23N3O5S2. The summed E-state index contributed by atoms with van der Waals surface area (Å²) in [6, 6.07) is 14.8. The molecule has 35 heavy (non-hydrogen) atoms. The third-order valence-electron chi connectivity index (χ3n) is 5.45. The highest BCUT2D eigenvalue weighted by molar-refractivity contribution is 7.92. The molecule has 180 valence electrons. The number of amides is 1. The number of pyridine rings is 1. The van der Waals surface area contributed by atoms with Crippen LogP contribution in [-0.4, -0.2) is 31.6 Å². The number of sulfonamides is 1. The normalized spacial score (nSPS) is 11.2. The molecule has 0 aliphatic carbocycles. The summed E-state index contributed by atoms with van der Waals surface area (Å²) in [6.45, 7) is 1.66. The first kappa shape index (κ1) is 24.4. The molecule has 2 heterocycles. The summed E-state index contributed by atoms with van der Waals surface area (Å²) in [6.07, 6.45) is 3.16. The standard InChI is InChI=1S/C25H23N3O5S2/c1-17-12-20(19-9-11-34-16-19)13-23(25(29)27-30)24(17)28(15-18-4-3-10-26-14-18)35(31,32)22-7-5-21(33-2)6-8-22/h3-14,16,30H,15H2,1-2H3,(H,27,29). The van der Waals surface area contributed by atoms with Crippen LogP contribution in [0.3, 0.4) is 0 Å². The van der Waals surface area contributed by atoms with Gasteiger partial charge in [0.1, 0.15) is 5.75 Å². The first-order valence-corrected chi connectivity index (χ1v) is 12.9. The van der Waals surface area contributed by atoms with E-state index in [2.05, 4.69) is 4.98 Å². The molecule has 0 unspecified atom stereocenters. The highest BCUT2D eigenvalue weighted by atomic mass is 32.2. The van der Waals surface area contributed by atoms with Crippen LogP contribution in [0, 0.1) is 6.92 Å². The number of hydrogen-bond donors (Lipinski definition) is 2. The molecule has 0 fully saturated rings. The van der Waals surface area contributed by atoms with Gasteiger partial charge in [-0.1, -0.05) is 6.07 Å². The minimum absolute atomic E-state index is 0.0228. The molecule has 0 spiro atoms. The molecule has 0 bridgehead atoms. The molecule has 1 amide bonds. The molecule has 0 aliphatic rings. The predicted octanol–water partition coefficient (Wildman–Crippen LogP) is 4.64. The SMILES string of the molecule is COc1ccc(S(=O)(=O)N(Cc2cccnc2)c2c(C)cc(-c3ccsc3)cc2C(=O)NO)cc1. The highest BCUT2D eigenvalue weighted by Crippen LogP contribution is 2.36. The van der Waals surface area contributed by atoms with Crippen molar-refractivity contribution < 1.29 is 23.2 Å². The Labute approximate surface area is 207 Å². The van der Waals surface area contributed by atoms with Crippen LogP contribution in [0.15, 0.2) is 82.6 Å². The van der Waals surface area contributed by atoms with Crippen LogP contribution in [-0.2, 0) is 16.6 Å². The fourth-order valence-electron chi connectivity index (χ4n) is 3.76. The van der Waals surface area contributed by atoms with Gasteiger partial charge in [-0.15, -0.1) is 0 Å². The zero-order chi connectivity index (χ0) is 25.0. The Bertz CT molecular complexity index is 1420. The van der Waals surface area contributed by atoms with Crippen molar-refractivity contribution in [1.82, 2.24) is 10.5 Å². The van der Waals surface area contributed by atoms with Crippen LogP contribution in [0.4, 0.5) is 5.69 Å². The first-order chi connectivity index (χ1) is 16.8. The number of thiophene rings is 1. The zero-order valence-electron chi connectivity index (χ0n) is 19.0. The number of rotatable bonds is 8.